The van der Waals surface area contributed by atoms with Crippen molar-refractivity contribution in [3.63, 3.8) is 0 Å². The molecular formula is C7H12O2. The molecular weight excluding hydrogens is 116 g/mol. The molecule has 0 aromatic rings. The number of hydrogen-bond acceptors (Lipinski definition) is 1. The molecule has 1 rings (SSSR count). The summed E-state index contributed by atoms with van der Waals surface area (Å²) in [4.78, 5) is 10.3. The highest BCUT2D eigenvalue weighted by atomic mass is 16.4. The first-order chi connectivity index (χ1) is 4.13. The summed E-state index contributed by atoms with van der Waals surface area (Å²) in [6.07, 6.45) is 0.896. The number of rotatable bonds is 2. The molecule has 2 nitrogen and oxygen atoms in total. The number of carbonyl (C=O) groups is 1. The Kier molecular flexibility index (Phi) is 1.47. The van der Waals surface area contributed by atoms with Gasteiger partial charge in [0, 0.05) is 0 Å². The third-order valence-corrected chi connectivity index (χ3v) is 2.01. The van der Waals surface area contributed by atoms with E-state index < -0.39 is 5.97 Å². The molecule has 0 bridgehead atoms. The Hall–Kier alpha value is -0.530. The van der Waals surface area contributed by atoms with E-state index in [1.165, 1.54) is 0 Å². The van der Waals surface area contributed by atoms with Gasteiger partial charge in [0.25, 0.3) is 0 Å². The Bertz CT molecular complexity index is 129. The van der Waals surface area contributed by atoms with Crippen LogP contribution in [0.25, 0.3) is 0 Å². The summed E-state index contributed by atoms with van der Waals surface area (Å²) in [6.45, 7) is 4.15. The van der Waals surface area contributed by atoms with Crippen molar-refractivity contribution in [2.24, 2.45) is 17.8 Å². The normalized spacial score (nSPS) is 32.8. The first kappa shape index (κ1) is 6.59. The van der Waals surface area contributed by atoms with Crippen LogP contribution in [0.4, 0.5) is 0 Å². The molecule has 9 heavy (non-hydrogen) atoms. The van der Waals surface area contributed by atoms with Gasteiger partial charge < -0.3 is 5.11 Å². The number of carboxylic acid groups (broad SMARTS) is 1. The fourth-order valence-corrected chi connectivity index (χ4v) is 1.24. The van der Waals surface area contributed by atoms with Crippen LogP contribution in [-0.2, 0) is 4.79 Å². The molecule has 0 heterocycles. The van der Waals surface area contributed by atoms with Crippen molar-refractivity contribution in [2.75, 3.05) is 0 Å². The zero-order valence-corrected chi connectivity index (χ0v) is 5.79. The standard InChI is InChI=1S/C7H12O2/c1-4(2)5-3-6(5)7(8)9/h4-6H,3H2,1-2H3,(H,8,9)/t5-,6+/m0/s1. The molecule has 2 atom stereocenters. The monoisotopic (exact) mass is 128 g/mol. The maximum Gasteiger partial charge on any atom is 0.306 e. The molecule has 1 aliphatic rings. The van der Waals surface area contributed by atoms with Gasteiger partial charge in [-0.1, -0.05) is 13.8 Å². The van der Waals surface area contributed by atoms with E-state index in [4.69, 9.17) is 5.11 Å². The molecule has 0 aromatic heterocycles. The summed E-state index contributed by atoms with van der Waals surface area (Å²) in [6, 6.07) is 0. The van der Waals surface area contributed by atoms with E-state index >= 15 is 0 Å². The topological polar surface area (TPSA) is 37.3 Å². The Labute approximate surface area is 54.9 Å². The summed E-state index contributed by atoms with van der Waals surface area (Å²) >= 11 is 0. The van der Waals surface area contributed by atoms with Gasteiger partial charge in [-0.15, -0.1) is 0 Å². The number of aliphatic carboxylic acids is 1. The number of hydrogen-bond donors (Lipinski definition) is 1. The molecule has 0 unspecified atom stereocenters. The quantitative estimate of drug-likeness (QED) is 0.609. The summed E-state index contributed by atoms with van der Waals surface area (Å²) in [5, 5.41) is 8.47. The summed E-state index contributed by atoms with van der Waals surface area (Å²) in [5.74, 6) is 0.368. The van der Waals surface area contributed by atoms with E-state index in [-0.39, 0.29) is 5.92 Å². The Balaban J connectivity index is 2.33. The van der Waals surface area contributed by atoms with Crippen molar-refractivity contribution in [3.05, 3.63) is 0 Å². The lowest BCUT2D eigenvalue weighted by Crippen LogP contribution is -2.02. The Morgan fingerprint density at radius 2 is 2.22 bits per heavy atom. The molecule has 1 aliphatic carbocycles. The minimum absolute atomic E-state index is 0.0231. The second-order valence-corrected chi connectivity index (χ2v) is 3.09. The molecule has 0 aliphatic heterocycles. The highest BCUT2D eigenvalue weighted by molar-refractivity contribution is 5.73. The van der Waals surface area contributed by atoms with Gasteiger partial charge in [-0.3, -0.25) is 4.79 Å². The molecule has 1 fully saturated rings. The van der Waals surface area contributed by atoms with Crippen LogP contribution in [0, 0.1) is 17.8 Å². The second-order valence-electron chi connectivity index (χ2n) is 3.09. The van der Waals surface area contributed by atoms with Crippen LogP contribution in [-0.4, -0.2) is 11.1 Å². The molecule has 0 amide bonds. The molecule has 1 saturated carbocycles. The highest BCUT2D eigenvalue weighted by Gasteiger charge is 2.44. The van der Waals surface area contributed by atoms with Crippen LogP contribution in [0.2, 0.25) is 0 Å². The fraction of sp³-hybridized carbons (Fsp3) is 0.857. The average molecular weight is 128 g/mol. The van der Waals surface area contributed by atoms with Gasteiger partial charge in [-0.2, -0.15) is 0 Å². The van der Waals surface area contributed by atoms with Gasteiger partial charge in [0.2, 0.25) is 0 Å². The molecule has 0 radical (unpaired) electrons. The van der Waals surface area contributed by atoms with Crippen molar-refractivity contribution in [3.8, 4) is 0 Å². The number of carboxylic acids is 1. The summed E-state index contributed by atoms with van der Waals surface area (Å²) in [5.41, 5.74) is 0. The third kappa shape index (κ3) is 1.23. The first-order valence-corrected chi connectivity index (χ1v) is 3.35. The van der Waals surface area contributed by atoms with Crippen LogP contribution >= 0.6 is 0 Å². The van der Waals surface area contributed by atoms with Crippen LogP contribution in [0.1, 0.15) is 20.3 Å². The smallest absolute Gasteiger partial charge is 0.306 e. The van der Waals surface area contributed by atoms with Crippen molar-refractivity contribution >= 4 is 5.97 Å². The van der Waals surface area contributed by atoms with Crippen molar-refractivity contribution in [2.45, 2.75) is 20.3 Å². The predicted molar refractivity (Wildman–Crippen MR) is 34.1 cm³/mol. The predicted octanol–water partition coefficient (Wildman–Crippen LogP) is 1.36. The van der Waals surface area contributed by atoms with E-state index in [1.54, 1.807) is 0 Å². The molecule has 0 spiro atoms. The zero-order valence-electron chi connectivity index (χ0n) is 5.79. The van der Waals surface area contributed by atoms with Gasteiger partial charge in [0.15, 0.2) is 0 Å². The molecule has 0 saturated heterocycles. The van der Waals surface area contributed by atoms with E-state index in [0.29, 0.717) is 11.8 Å². The van der Waals surface area contributed by atoms with Gasteiger partial charge in [-0.05, 0) is 18.3 Å². The van der Waals surface area contributed by atoms with Gasteiger partial charge >= 0.3 is 5.97 Å². The highest BCUT2D eigenvalue weighted by Crippen LogP contribution is 2.43. The second kappa shape index (κ2) is 2.01. The molecule has 0 aromatic carbocycles. The lowest BCUT2D eigenvalue weighted by molar-refractivity contribution is -0.139. The van der Waals surface area contributed by atoms with Gasteiger partial charge in [0.05, 0.1) is 5.92 Å². The Morgan fingerprint density at radius 3 is 2.33 bits per heavy atom. The minimum Gasteiger partial charge on any atom is -0.481 e. The van der Waals surface area contributed by atoms with Crippen LogP contribution in [0.5, 0.6) is 0 Å². The maximum atomic E-state index is 10.3. The lowest BCUT2D eigenvalue weighted by atomic mass is 10.1. The summed E-state index contributed by atoms with van der Waals surface area (Å²) < 4.78 is 0. The first-order valence-electron chi connectivity index (χ1n) is 3.35. The van der Waals surface area contributed by atoms with E-state index in [9.17, 15) is 4.79 Å². The van der Waals surface area contributed by atoms with E-state index in [1.807, 2.05) is 0 Å². The van der Waals surface area contributed by atoms with Crippen LogP contribution in [0.3, 0.4) is 0 Å². The van der Waals surface area contributed by atoms with Crippen LogP contribution < -0.4 is 0 Å². The summed E-state index contributed by atoms with van der Waals surface area (Å²) in [7, 11) is 0. The van der Waals surface area contributed by atoms with Gasteiger partial charge in [0.1, 0.15) is 0 Å². The minimum atomic E-state index is -0.617. The maximum absolute atomic E-state index is 10.3. The molecule has 52 valence electrons. The Morgan fingerprint density at radius 1 is 1.67 bits per heavy atom. The zero-order chi connectivity index (χ0) is 7.02. The average Bonchev–Trinajstić information content (AvgIpc) is 2.39. The third-order valence-electron chi connectivity index (χ3n) is 2.01. The van der Waals surface area contributed by atoms with Crippen molar-refractivity contribution < 1.29 is 9.90 Å². The van der Waals surface area contributed by atoms with Crippen LogP contribution in [0.15, 0.2) is 0 Å². The largest absolute Gasteiger partial charge is 0.481 e. The van der Waals surface area contributed by atoms with E-state index in [2.05, 4.69) is 13.8 Å². The SMILES string of the molecule is CC(C)[C@@H]1C[C@H]1C(=O)O. The van der Waals surface area contributed by atoms with E-state index in [0.717, 1.165) is 6.42 Å². The van der Waals surface area contributed by atoms with Gasteiger partial charge in [-0.25, -0.2) is 0 Å². The molecule has 1 N–H and O–H groups in total. The molecule has 2 heteroatoms. The van der Waals surface area contributed by atoms with Crippen molar-refractivity contribution in [1.82, 2.24) is 0 Å². The fourth-order valence-electron chi connectivity index (χ4n) is 1.24. The van der Waals surface area contributed by atoms with Crippen molar-refractivity contribution in [1.29, 1.82) is 0 Å². The lowest BCUT2D eigenvalue weighted by Gasteiger charge is -1.97.